The molecule has 0 aromatic rings. The maximum atomic E-state index is 11.2. The van der Waals surface area contributed by atoms with Crippen molar-refractivity contribution in [1.82, 2.24) is 4.90 Å². The Kier molecular flexibility index (Phi) is 2.06. The molecule has 1 aliphatic carbocycles. The molecule has 0 radical (unpaired) electrons. The molecule has 1 N–H and O–H groups in total. The van der Waals surface area contributed by atoms with Crippen molar-refractivity contribution in [2.24, 2.45) is 0 Å². The van der Waals surface area contributed by atoms with Crippen LogP contribution in [-0.2, 0) is 4.79 Å². The Hall–Kier alpha value is -0.570. The molecular formula is C10H17NO2. The molecule has 2 aliphatic rings. The van der Waals surface area contributed by atoms with Gasteiger partial charge in [-0.05, 0) is 45.6 Å². The number of carboxylic acids is 1. The summed E-state index contributed by atoms with van der Waals surface area (Å²) in [5, 5.41) is 9.20. The molecule has 1 atom stereocenters. The molecule has 3 nitrogen and oxygen atoms in total. The van der Waals surface area contributed by atoms with Crippen molar-refractivity contribution < 1.29 is 9.90 Å². The monoisotopic (exact) mass is 183 g/mol. The molecule has 2 rings (SSSR count). The Labute approximate surface area is 78.7 Å². The third kappa shape index (κ3) is 1.46. The predicted octanol–water partition coefficient (Wildman–Crippen LogP) is 1.48. The number of hydrogen-bond donors (Lipinski definition) is 1. The van der Waals surface area contributed by atoms with E-state index in [2.05, 4.69) is 4.90 Å². The Bertz CT molecular complexity index is 225. The van der Waals surface area contributed by atoms with E-state index in [9.17, 15) is 9.90 Å². The second kappa shape index (κ2) is 2.98. The minimum absolute atomic E-state index is 0.570. The fourth-order valence-electron chi connectivity index (χ4n) is 2.34. The molecule has 1 heterocycles. The summed E-state index contributed by atoms with van der Waals surface area (Å²) in [6, 6.07) is 0.571. The Morgan fingerprint density at radius 2 is 2.15 bits per heavy atom. The normalized spacial score (nSPS) is 36.1. The van der Waals surface area contributed by atoms with Gasteiger partial charge in [-0.1, -0.05) is 0 Å². The summed E-state index contributed by atoms with van der Waals surface area (Å²) in [6.07, 6.45) is 5.44. The quantitative estimate of drug-likeness (QED) is 0.705. The Morgan fingerprint density at radius 3 is 2.69 bits per heavy atom. The fourth-order valence-corrected chi connectivity index (χ4v) is 2.34. The molecule has 1 aliphatic heterocycles. The van der Waals surface area contributed by atoms with Gasteiger partial charge in [0.15, 0.2) is 0 Å². The molecule has 74 valence electrons. The van der Waals surface area contributed by atoms with Gasteiger partial charge in [-0.15, -0.1) is 0 Å². The van der Waals surface area contributed by atoms with Gasteiger partial charge >= 0.3 is 5.97 Å². The third-order valence-corrected chi connectivity index (χ3v) is 3.39. The number of piperidine rings is 1. The van der Waals surface area contributed by atoms with Crippen molar-refractivity contribution in [2.45, 2.75) is 50.6 Å². The summed E-state index contributed by atoms with van der Waals surface area (Å²) in [5.41, 5.74) is -0.570. The summed E-state index contributed by atoms with van der Waals surface area (Å²) < 4.78 is 0. The van der Waals surface area contributed by atoms with Crippen LogP contribution < -0.4 is 0 Å². The van der Waals surface area contributed by atoms with Crippen LogP contribution in [-0.4, -0.2) is 34.1 Å². The highest BCUT2D eigenvalue weighted by molar-refractivity contribution is 5.78. The van der Waals surface area contributed by atoms with Crippen molar-refractivity contribution in [2.75, 3.05) is 6.54 Å². The van der Waals surface area contributed by atoms with Gasteiger partial charge in [0.2, 0.25) is 0 Å². The Balaban J connectivity index is 2.15. The van der Waals surface area contributed by atoms with E-state index >= 15 is 0 Å². The first-order valence-electron chi connectivity index (χ1n) is 5.15. The van der Waals surface area contributed by atoms with Crippen molar-refractivity contribution >= 4 is 5.97 Å². The van der Waals surface area contributed by atoms with E-state index in [0.717, 1.165) is 19.4 Å². The minimum atomic E-state index is -0.640. The van der Waals surface area contributed by atoms with E-state index in [4.69, 9.17) is 0 Å². The largest absolute Gasteiger partial charge is 0.480 e. The number of carboxylic acid groups (broad SMARTS) is 1. The zero-order chi connectivity index (χ0) is 9.47. The number of likely N-dealkylation sites (tertiary alicyclic amines) is 1. The molecule has 1 saturated heterocycles. The van der Waals surface area contributed by atoms with Gasteiger partial charge in [0.1, 0.15) is 5.54 Å². The van der Waals surface area contributed by atoms with Crippen molar-refractivity contribution in [3.63, 3.8) is 0 Å². The highest BCUT2D eigenvalue weighted by Crippen LogP contribution is 2.38. The zero-order valence-electron chi connectivity index (χ0n) is 8.12. The van der Waals surface area contributed by atoms with Gasteiger partial charge < -0.3 is 5.11 Å². The van der Waals surface area contributed by atoms with Gasteiger partial charge in [-0.25, -0.2) is 0 Å². The average Bonchev–Trinajstić information content (AvgIpc) is 2.88. The first-order valence-corrected chi connectivity index (χ1v) is 5.15. The molecule has 0 spiro atoms. The lowest BCUT2D eigenvalue weighted by Gasteiger charge is -2.41. The molecule has 1 unspecified atom stereocenters. The van der Waals surface area contributed by atoms with Crippen molar-refractivity contribution in [3.05, 3.63) is 0 Å². The van der Waals surface area contributed by atoms with Crippen LogP contribution in [0.15, 0.2) is 0 Å². The molecular weight excluding hydrogens is 166 g/mol. The first kappa shape index (κ1) is 9.00. The summed E-state index contributed by atoms with van der Waals surface area (Å²) in [7, 11) is 0. The lowest BCUT2D eigenvalue weighted by Crippen LogP contribution is -2.55. The van der Waals surface area contributed by atoms with E-state index in [0.29, 0.717) is 6.04 Å². The first-order chi connectivity index (χ1) is 6.14. The average molecular weight is 183 g/mol. The molecule has 0 aromatic carbocycles. The van der Waals surface area contributed by atoms with Crippen LogP contribution in [0.25, 0.3) is 0 Å². The minimum Gasteiger partial charge on any atom is -0.480 e. The summed E-state index contributed by atoms with van der Waals surface area (Å²) in [5.74, 6) is -0.640. The lowest BCUT2D eigenvalue weighted by molar-refractivity contribution is -0.153. The maximum Gasteiger partial charge on any atom is 0.323 e. The van der Waals surface area contributed by atoms with Crippen LogP contribution in [0.2, 0.25) is 0 Å². The zero-order valence-corrected chi connectivity index (χ0v) is 8.12. The fraction of sp³-hybridized carbons (Fsp3) is 0.900. The van der Waals surface area contributed by atoms with E-state index < -0.39 is 11.5 Å². The topological polar surface area (TPSA) is 40.5 Å². The number of nitrogens with zero attached hydrogens (tertiary/aromatic N) is 1. The highest BCUT2D eigenvalue weighted by Gasteiger charge is 2.47. The third-order valence-electron chi connectivity index (χ3n) is 3.39. The van der Waals surface area contributed by atoms with Gasteiger partial charge in [-0.2, -0.15) is 0 Å². The second-order valence-corrected chi connectivity index (χ2v) is 4.46. The van der Waals surface area contributed by atoms with Crippen LogP contribution >= 0.6 is 0 Å². The van der Waals surface area contributed by atoms with Crippen molar-refractivity contribution in [1.29, 1.82) is 0 Å². The van der Waals surface area contributed by atoms with Gasteiger partial charge in [0, 0.05) is 6.04 Å². The van der Waals surface area contributed by atoms with Crippen LogP contribution in [0.4, 0.5) is 0 Å². The molecule has 0 aromatic heterocycles. The number of hydrogen-bond acceptors (Lipinski definition) is 2. The Morgan fingerprint density at radius 1 is 1.46 bits per heavy atom. The maximum absolute atomic E-state index is 11.2. The SMILES string of the molecule is CC1(C(=O)O)CCCCN1C1CC1. The molecule has 3 heteroatoms. The standard InChI is InChI=1S/C10H17NO2/c1-10(9(12)13)6-2-3-7-11(10)8-4-5-8/h8H,2-7H2,1H3,(H,12,13). The lowest BCUT2D eigenvalue weighted by atomic mass is 9.88. The van der Waals surface area contributed by atoms with Crippen LogP contribution in [0.3, 0.4) is 0 Å². The summed E-state index contributed by atoms with van der Waals surface area (Å²) in [4.78, 5) is 13.4. The van der Waals surface area contributed by atoms with E-state index in [1.54, 1.807) is 0 Å². The van der Waals surface area contributed by atoms with E-state index in [-0.39, 0.29) is 0 Å². The van der Waals surface area contributed by atoms with Crippen LogP contribution in [0.5, 0.6) is 0 Å². The smallest absolute Gasteiger partial charge is 0.323 e. The number of rotatable bonds is 2. The molecule has 1 saturated carbocycles. The summed E-state index contributed by atoms with van der Waals surface area (Å²) >= 11 is 0. The van der Waals surface area contributed by atoms with Crippen LogP contribution in [0, 0.1) is 0 Å². The summed E-state index contributed by atoms with van der Waals surface area (Å²) in [6.45, 7) is 2.86. The molecule has 0 amide bonds. The molecule has 13 heavy (non-hydrogen) atoms. The number of aliphatic carboxylic acids is 1. The highest BCUT2D eigenvalue weighted by atomic mass is 16.4. The predicted molar refractivity (Wildman–Crippen MR) is 49.6 cm³/mol. The van der Waals surface area contributed by atoms with E-state index in [1.165, 1.54) is 19.3 Å². The number of carbonyl (C=O) groups is 1. The van der Waals surface area contributed by atoms with Gasteiger partial charge in [-0.3, -0.25) is 9.69 Å². The molecule has 0 bridgehead atoms. The van der Waals surface area contributed by atoms with Crippen LogP contribution in [0.1, 0.15) is 39.0 Å². The second-order valence-electron chi connectivity index (χ2n) is 4.46. The van der Waals surface area contributed by atoms with Gasteiger partial charge in [0.25, 0.3) is 0 Å². The molecule has 2 fully saturated rings. The van der Waals surface area contributed by atoms with E-state index in [1.807, 2.05) is 6.92 Å². The van der Waals surface area contributed by atoms with Crippen molar-refractivity contribution in [3.8, 4) is 0 Å². The van der Waals surface area contributed by atoms with Gasteiger partial charge in [0.05, 0.1) is 0 Å².